The van der Waals surface area contributed by atoms with E-state index >= 15 is 0 Å². The van der Waals surface area contributed by atoms with E-state index in [4.69, 9.17) is 21.1 Å². The number of carbonyl (C=O) groups excluding carboxylic acids is 2. The van der Waals surface area contributed by atoms with E-state index < -0.39 is 6.10 Å². The Labute approximate surface area is 158 Å². The van der Waals surface area contributed by atoms with Gasteiger partial charge in [0.25, 0.3) is 5.91 Å². The Morgan fingerprint density at radius 1 is 1.12 bits per heavy atom. The van der Waals surface area contributed by atoms with Crippen molar-refractivity contribution in [2.45, 2.75) is 20.0 Å². The molecule has 0 aliphatic rings. The van der Waals surface area contributed by atoms with E-state index in [0.29, 0.717) is 35.2 Å². The minimum Gasteiger partial charge on any atom is -0.492 e. The van der Waals surface area contributed by atoms with Gasteiger partial charge in [-0.1, -0.05) is 23.7 Å². The van der Waals surface area contributed by atoms with Gasteiger partial charge in [-0.05, 0) is 50.2 Å². The highest BCUT2D eigenvalue weighted by Crippen LogP contribution is 2.17. The summed E-state index contributed by atoms with van der Waals surface area (Å²) >= 11 is 5.83. The first-order valence-corrected chi connectivity index (χ1v) is 8.65. The molecule has 1 atom stereocenters. The Morgan fingerprint density at radius 2 is 1.81 bits per heavy atom. The van der Waals surface area contributed by atoms with E-state index in [2.05, 4.69) is 0 Å². The third kappa shape index (κ3) is 5.77. The number of hydrogen-bond acceptors (Lipinski definition) is 4. The zero-order chi connectivity index (χ0) is 19.1. The lowest BCUT2D eigenvalue weighted by atomic mass is 10.1. The maximum absolute atomic E-state index is 12.4. The second-order valence-electron chi connectivity index (χ2n) is 5.91. The maximum atomic E-state index is 12.4. The lowest BCUT2D eigenvalue weighted by Crippen LogP contribution is -2.39. The van der Waals surface area contributed by atoms with Crippen molar-refractivity contribution in [2.75, 3.05) is 20.2 Å². The number of likely N-dealkylation sites (N-methyl/N-ethyl adjacent to an activating group) is 1. The van der Waals surface area contributed by atoms with E-state index in [1.165, 1.54) is 6.92 Å². The zero-order valence-electron chi connectivity index (χ0n) is 15.1. The molecule has 138 valence electrons. The molecule has 2 aromatic rings. The standard InChI is InChI=1S/C20H22ClNO4/c1-14(23)16-5-4-6-19(13-16)26-15(2)20(24)22(3)11-12-25-18-9-7-17(21)8-10-18/h4-10,13,15H,11-12H2,1-3H3. The summed E-state index contributed by atoms with van der Waals surface area (Å²) in [5.41, 5.74) is 0.548. The van der Waals surface area contributed by atoms with E-state index in [9.17, 15) is 9.59 Å². The van der Waals surface area contributed by atoms with Crippen molar-refractivity contribution in [2.24, 2.45) is 0 Å². The van der Waals surface area contributed by atoms with E-state index in [-0.39, 0.29) is 11.7 Å². The number of amides is 1. The van der Waals surface area contributed by atoms with Crippen LogP contribution in [0.2, 0.25) is 5.02 Å². The van der Waals surface area contributed by atoms with Crippen molar-refractivity contribution >= 4 is 23.3 Å². The number of ether oxygens (including phenoxy) is 2. The summed E-state index contributed by atoms with van der Waals surface area (Å²) in [6, 6.07) is 13.8. The summed E-state index contributed by atoms with van der Waals surface area (Å²) < 4.78 is 11.3. The number of ketones is 1. The van der Waals surface area contributed by atoms with Crippen molar-refractivity contribution in [3.63, 3.8) is 0 Å². The van der Waals surface area contributed by atoms with Crippen LogP contribution in [0.15, 0.2) is 48.5 Å². The van der Waals surface area contributed by atoms with Crippen molar-refractivity contribution in [3.05, 3.63) is 59.1 Å². The van der Waals surface area contributed by atoms with E-state index in [0.717, 1.165) is 0 Å². The summed E-state index contributed by atoms with van der Waals surface area (Å²) in [4.78, 5) is 25.4. The van der Waals surface area contributed by atoms with E-state index in [1.54, 1.807) is 67.4 Å². The number of carbonyl (C=O) groups is 2. The number of nitrogens with zero attached hydrogens (tertiary/aromatic N) is 1. The smallest absolute Gasteiger partial charge is 0.263 e. The topological polar surface area (TPSA) is 55.8 Å². The minimum absolute atomic E-state index is 0.0501. The summed E-state index contributed by atoms with van der Waals surface area (Å²) in [6.45, 7) is 3.94. The molecule has 0 N–H and O–H groups in total. The maximum Gasteiger partial charge on any atom is 0.263 e. The Balaban J connectivity index is 1.83. The molecule has 5 nitrogen and oxygen atoms in total. The molecule has 2 rings (SSSR count). The van der Waals surface area contributed by atoms with Gasteiger partial charge in [-0.2, -0.15) is 0 Å². The van der Waals surface area contributed by atoms with Gasteiger partial charge in [0.1, 0.15) is 18.1 Å². The quantitative estimate of drug-likeness (QED) is 0.658. The van der Waals surface area contributed by atoms with Crippen LogP contribution in [-0.2, 0) is 4.79 Å². The highest BCUT2D eigenvalue weighted by molar-refractivity contribution is 6.30. The zero-order valence-corrected chi connectivity index (χ0v) is 15.8. The fraction of sp³-hybridized carbons (Fsp3) is 0.300. The van der Waals surface area contributed by atoms with Crippen molar-refractivity contribution in [1.82, 2.24) is 4.90 Å². The highest BCUT2D eigenvalue weighted by Gasteiger charge is 2.19. The van der Waals surface area contributed by atoms with Crippen LogP contribution in [0.3, 0.4) is 0 Å². The van der Waals surface area contributed by atoms with Gasteiger partial charge in [-0.3, -0.25) is 9.59 Å². The van der Waals surface area contributed by atoms with Gasteiger partial charge in [-0.25, -0.2) is 0 Å². The molecular weight excluding hydrogens is 354 g/mol. The summed E-state index contributed by atoms with van der Waals surface area (Å²) in [5, 5.41) is 0.643. The average Bonchev–Trinajstić information content (AvgIpc) is 2.62. The van der Waals surface area contributed by atoms with Crippen LogP contribution in [0, 0.1) is 0 Å². The number of benzene rings is 2. The Kier molecular flexibility index (Phi) is 7.04. The minimum atomic E-state index is -0.669. The average molecular weight is 376 g/mol. The molecule has 0 radical (unpaired) electrons. The first-order chi connectivity index (χ1) is 12.4. The Hall–Kier alpha value is -2.53. The van der Waals surface area contributed by atoms with Gasteiger partial charge in [0.15, 0.2) is 11.9 Å². The molecule has 0 fully saturated rings. The fourth-order valence-electron chi connectivity index (χ4n) is 2.29. The molecule has 1 amide bonds. The van der Waals surface area contributed by atoms with Crippen molar-refractivity contribution in [3.8, 4) is 11.5 Å². The van der Waals surface area contributed by atoms with Gasteiger partial charge in [0.2, 0.25) is 0 Å². The van der Waals surface area contributed by atoms with Crippen LogP contribution in [0.25, 0.3) is 0 Å². The summed E-state index contributed by atoms with van der Waals surface area (Å²) in [7, 11) is 1.69. The highest BCUT2D eigenvalue weighted by atomic mass is 35.5. The van der Waals surface area contributed by atoms with Gasteiger partial charge in [0, 0.05) is 17.6 Å². The van der Waals surface area contributed by atoms with E-state index in [1.807, 2.05) is 0 Å². The SMILES string of the molecule is CC(=O)c1cccc(OC(C)C(=O)N(C)CCOc2ccc(Cl)cc2)c1. The van der Waals surface area contributed by atoms with Crippen LogP contribution in [0.4, 0.5) is 0 Å². The molecule has 6 heteroatoms. The summed E-state index contributed by atoms with van der Waals surface area (Å²) in [6.07, 6.45) is -0.669. The second-order valence-corrected chi connectivity index (χ2v) is 6.34. The Bertz CT molecular complexity index is 761. The third-order valence-corrected chi connectivity index (χ3v) is 4.04. The first-order valence-electron chi connectivity index (χ1n) is 8.28. The van der Waals surface area contributed by atoms with Gasteiger partial charge >= 0.3 is 0 Å². The molecule has 0 spiro atoms. The lowest BCUT2D eigenvalue weighted by Gasteiger charge is -2.22. The Morgan fingerprint density at radius 3 is 2.46 bits per heavy atom. The molecule has 0 aliphatic carbocycles. The number of hydrogen-bond donors (Lipinski definition) is 0. The molecule has 0 aliphatic heterocycles. The van der Waals surface area contributed by atoms with Crippen LogP contribution in [0.1, 0.15) is 24.2 Å². The predicted molar refractivity (Wildman–Crippen MR) is 101 cm³/mol. The predicted octanol–water partition coefficient (Wildman–Crippen LogP) is 3.85. The number of halogens is 1. The van der Waals surface area contributed by atoms with Crippen LogP contribution in [-0.4, -0.2) is 42.9 Å². The normalized spacial score (nSPS) is 11.5. The molecule has 0 heterocycles. The molecule has 26 heavy (non-hydrogen) atoms. The number of Topliss-reactive ketones (excluding diaryl/α,β-unsaturated/α-hetero) is 1. The largest absolute Gasteiger partial charge is 0.492 e. The molecule has 0 bridgehead atoms. The first kappa shape index (κ1) is 19.8. The molecule has 2 aromatic carbocycles. The molecule has 0 saturated carbocycles. The summed E-state index contributed by atoms with van der Waals surface area (Å²) in [5.74, 6) is 0.966. The fourth-order valence-corrected chi connectivity index (χ4v) is 2.42. The molecule has 0 saturated heterocycles. The van der Waals surface area contributed by atoms with Gasteiger partial charge in [-0.15, -0.1) is 0 Å². The molecule has 1 unspecified atom stereocenters. The van der Waals surface area contributed by atoms with Crippen LogP contribution < -0.4 is 9.47 Å². The van der Waals surface area contributed by atoms with Gasteiger partial charge < -0.3 is 14.4 Å². The van der Waals surface area contributed by atoms with Crippen molar-refractivity contribution in [1.29, 1.82) is 0 Å². The molecule has 0 aromatic heterocycles. The van der Waals surface area contributed by atoms with Crippen LogP contribution >= 0.6 is 11.6 Å². The lowest BCUT2D eigenvalue weighted by molar-refractivity contribution is -0.136. The second kappa shape index (κ2) is 9.25. The number of rotatable bonds is 8. The van der Waals surface area contributed by atoms with Crippen molar-refractivity contribution < 1.29 is 19.1 Å². The molecular formula is C20H22ClNO4. The monoisotopic (exact) mass is 375 g/mol. The van der Waals surface area contributed by atoms with Gasteiger partial charge in [0.05, 0.1) is 6.54 Å². The van der Waals surface area contributed by atoms with Crippen LogP contribution in [0.5, 0.6) is 11.5 Å². The third-order valence-electron chi connectivity index (χ3n) is 3.79.